The number of amides is 2. The first-order chi connectivity index (χ1) is 16.7. The molecule has 2 aromatic rings. The normalized spacial score (nSPS) is 20.1. The van der Waals surface area contributed by atoms with Crippen LogP contribution in [0.25, 0.3) is 0 Å². The fraction of sp³-hybridized carbons (Fsp3) is 0.478. The Morgan fingerprint density at radius 3 is 2.36 bits per heavy atom. The molecule has 0 spiro atoms. The van der Waals surface area contributed by atoms with Gasteiger partial charge in [0.2, 0.25) is 0 Å². The number of alkyl halides is 5. The molecule has 1 aromatic carbocycles. The van der Waals surface area contributed by atoms with Gasteiger partial charge in [-0.2, -0.15) is 0 Å². The molecule has 36 heavy (non-hydrogen) atoms. The molecule has 0 saturated carbocycles. The summed E-state index contributed by atoms with van der Waals surface area (Å²) in [4.78, 5) is 35.5. The van der Waals surface area contributed by atoms with Gasteiger partial charge in [-0.1, -0.05) is 11.6 Å². The van der Waals surface area contributed by atoms with E-state index >= 15 is 0 Å². The minimum Gasteiger partial charge on any atom is -0.406 e. The number of ether oxygens (including phenoxy) is 2. The molecular formula is C23H25ClF4N4O4. The van der Waals surface area contributed by atoms with E-state index in [1.54, 1.807) is 0 Å². The number of carbonyl (C=O) groups excluding carboxylic acids is 2. The molecule has 3 atom stereocenters. The number of hydrogen-bond acceptors (Lipinski definition) is 6. The van der Waals surface area contributed by atoms with E-state index in [0.29, 0.717) is 19.4 Å². The van der Waals surface area contributed by atoms with Crippen molar-refractivity contribution in [1.29, 1.82) is 0 Å². The van der Waals surface area contributed by atoms with Gasteiger partial charge < -0.3 is 14.8 Å². The Hall–Kier alpha value is -2.99. The first kappa shape index (κ1) is 27.6. The molecule has 1 saturated heterocycles. The fourth-order valence-electron chi connectivity index (χ4n) is 4.09. The molecule has 1 aliphatic heterocycles. The summed E-state index contributed by atoms with van der Waals surface area (Å²) in [6.07, 6.45) is -0.205. The summed E-state index contributed by atoms with van der Waals surface area (Å²) in [5.41, 5.74) is -4.99. The van der Waals surface area contributed by atoms with E-state index in [2.05, 4.69) is 20.0 Å². The van der Waals surface area contributed by atoms with Crippen molar-refractivity contribution in [3.8, 4) is 5.75 Å². The van der Waals surface area contributed by atoms with Crippen molar-refractivity contribution in [2.24, 2.45) is 0 Å². The van der Waals surface area contributed by atoms with Crippen LogP contribution in [0.2, 0.25) is 0 Å². The Bertz CT molecular complexity index is 1070. The summed E-state index contributed by atoms with van der Waals surface area (Å²) in [7, 11) is 0. The van der Waals surface area contributed by atoms with Gasteiger partial charge in [0, 0.05) is 36.3 Å². The SMILES string of the molecule is CC1(C)C[C@H](NC(=O)[C@@](C)(c2cncnc2)N(C(=O)[C@H](F)Cl)c2ccc(OC(F)(F)F)cc2)CCO1. The average molecular weight is 533 g/mol. The average Bonchev–Trinajstić information content (AvgIpc) is 2.79. The van der Waals surface area contributed by atoms with Crippen LogP contribution in [0, 0.1) is 0 Å². The first-order valence-corrected chi connectivity index (χ1v) is 11.3. The van der Waals surface area contributed by atoms with Gasteiger partial charge in [0.25, 0.3) is 17.4 Å². The third-order valence-corrected chi connectivity index (χ3v) is 5.97. The highest BCUT2D eigenvalue weighted by Crippen LogP contribution is 2.36. The van der Waals surface area contributed by atoms with Crippen molar-refractivity contribution < 1.29 is 36.6 Å². The van der Waals surface area contributed by atoms with Crippen LogP contribution in [0.15, 0.2) is 43.0 Å². The number of nitrogens with one attached hydrogen (secondary N) is 1. The highest BCUT2D eigenvalue weighted by molar-refractivity contribution is 6.32. The van der Waals surface area contributed by atoms with Crippen molar-refractivity contribution in [1.82, 2.24) is 15.3 Å². The van der Waals surface area contributed by atoms with Gasteiger partial charge in [-0.05, 0) is 57.9 Å². The lowest BCUT2D eigenvalue weighted by Gasteiger charge is -2.42. The summed E-state index contributed by atoms with van der Waals surface area (Å²) < 4.78 is 61.6. The lowest BCUT2D eigenvalue weighted by Crippen LogP contribution is -2.60. The highest BCUT2D eigenvalue weighted by atomic mass is 35.5. The molecule has 0 aliphatic carbocycles. The molecule has 2 amide bonds. The van der Waals surface area contributed by atoms with Crippen LogP contribution >= 0.6 is 11.6 Å². The molecule has 13 heteroatoms. The van der Waals surface area contributed by atoms with E-state index in [1.807, 2.05) is 13.8 Å². The van der Waals surface area contributed by atoms with Crippen LogP contribution in [0.5, 0.6) is 5.75 Å². The van der Waals surface area contributed by atoms with Gasteiger partial charge in [-0.25, -0.2) is 14.4 Å². The second-order valence-electron chi connectivity index (χ2n) is 8.99. The zero-order valence-electron chi connectivity index (χ0n) is 19.7. The number of halogens is 5. The maximum Gasteiger partial charge on any atom is 0.573 e. The Kier molecular flexibility index (Phi) is 8.09. The minimum atomic E-state index is -4.94. The second-order valence-corrected chi connectivity index (χ2v) is 9.37. The van der Waals surface area contributed by atoms with Gasteiger partial charge in [0.05, 0.1) is 5.60 Å². The zero-order valence-corrected chi connectivity index (χ0v) is 20.4. The summed E-state index contributed by atoms with van der Waals surface area (Å²) in [5.74, 6) is -2.57. The van der Waals surface area contributed by atoms with Crippen molar-refractivity contribution in [2.45, 2.75) is 62.8 Å². The number of rotatable bonds is 7. The molecule has 0 unspecified atom stereocenters. The predicted octanol–water partition coefficient (Wildman–Crippen LogP) is 4.23. The monoisotopic (exact) mass is 532 g/mol. The molecule has 0 radical (unpaired) electrons. The van der Waals surface area contributed by atoms with Gasteiger partial charge in [0.15, 0.2) is 5.54 Å². The van der Waals surface area contributed by atoms with Gasteiger partial charge in [-0.15, -0.1) is 13.2 Å². The zero-order chi connectivity index (χ0) is 26.7. The minimum absolute atomic E-state index is 0.105. The van der Waals surface area contributed by atoms with E-state index in [0.717, 1.165) is 29.2 Å². The van der Waals surface area contributed by atoms with Crippen LogP contribution < -0.4 is 15.0 Å². The number of anilines is 1. The van der Waals surface area contributed by atoms with E-state index in [9.17, 15) is 27.2 Å². The number of nitrogens with zero attached hydrogens (tertiary/aromatic N) is 3. The van der Waals surface area contributed by atoms with Crippen molar-refractivity contribution in [2.75, 3.05) is 11.5 Å². The molecular weight excluding hydrogens is 508 g/mol. The summed E-state index contributed by atoms with van der Waals surface area (Å²) >= 11 is 5.51. The van der Waals surface area contributed by atoms with E-state index in [1.165, 1.54) is 25.6 Å². The number of benzene rings is 1. The molecule has 3 rings (SSSR count). The van der Waals surface area contributed by atoms with Crippen LogP contribution in [-0.2, 0) is 19.9 Å². The lowest BCUT2D eigenvalue weighted by molar-refractivity contribution is -0.274. The van der Waals surface area contributed by atoms with E-state index < -0.39 is 40.7 Å². The maximum absolute atomic E-state index is 14.2. The van der Waals surface area contributed by atoms with Gasteiger partial charge >= 0.3 is 6.36 Å². The molecule has 1 aromatic heterocycles. The summed E-state index contributed by atoms with van der Waals surface area (Å²) in [6, 6.07) is 3.72. The topological polar surface area (TPSA) is 93.7 Å². The van der Waals surface area contributed by atoms with Crippen molar-refractivity contribution >= 4 is 29.1 Å². The molecule has 1 aliphatic rings. The van der Waals surface area contributed by atoms with Crippen LogP contribution in [0.4, 0.5) is 23.2 Å². The summed E-state index contributed by atoms with van der Waals surface area (Å²) in [6.45, 7) is 5.48. The molecule has 0 bridgehead atoms. The Morgan fingerprint density at radius 2 is 1.83 bits per heavy atom. The van der Waals surface area contributed by atoms with Gasteiger partial charge in [-0.3, -0.25) is 14.5 Å². The largest absolute Gasteiger partial charge is 0.573 e. The predicted molar refractivity (Wildman–Crippen MR) is 122 cm³/mol. The molecule has 1 fully saturated rings. The molecule has 196 valence electrons. The fourth-order valence-corrected chi connectivity index (χ4v) is 4.19. The molecule has 8 nitrogen and oxygen atoms in total. The Labute approximate surface area is 209 Å². The van der Waals surface area contributed by atoms with E-state index in [4.69, 9.17) is 16.3 Å². The smallest absolute Gasteiger partial charge is 0.406 e. The Balaban J connectivity index is 2.07. The number of aromatic nitrogens is 2. The number of carbonyl (C=O) groups is 2. The molecule has 1 N–H and O–H groups in total. The first-order valence-electron chi connectivity index (χ1n) is 10.9. The highest BCUT2D eigenvalue weighted by Gasteiger charge is 2.48. The van der Waals surface area contributed by atoms with Crippen LogP contribution in [-0.4, -0.2) is 52.0 Å². The second kappa shape index (κ2) is 10.6. The molecule has 2 heterocycles. The Morgan fingerprint density at radius 1 is 1.22 bits per heavy atom. The van der Waals surface area contributed by atoms with Gasteiger partial charge in [0.1, 0.15) is 12.1 Å². The van der Waals surface area contributed by atoms with Crippen LogP contribution in [0.3, 0.4) is 0 Å². The summed E-state index contributed by atoms with van der Waals surface area (Å²) in [5, 5.41) is 2.89. The van der Waals surface area contributed by atoms with Crippen molar-refractivity contribution in [3.63, 3.8) is 0 Å². The third kappa shape index (κ3) is 6.41. The quantitative estimate of drug-likeness (QED) is 0.424. The maximum atomic E-state index is 14.2. The third-order valence-electron chi connectivity index (χ3n) is 5.78. The lowest BCUT2D eigenvalue weighted by atomic mass is 9.88. The number of hydrogen-bond donors (Lipinski definition) is 1. The van der Waals surface area contributed by atoms with Crippen LogP contribution in [0.1, 0.15) is 39.2 Å². The van der Waals surface area contributed by atoms with Crippen molar-refractivity contribution in [3.05, 3.63) is 48.5 Å². The standard InChI is InChI=1S/C23H25ClF4N4O4/c1-21(2)10-15(8-9-35-21)31-20(34)22(3,14-11-29-13-30-12-14)32(19(33)18(24)25)16-4-6-17(7-5-16)36-23(26,27)28/h4-7,11-13,15,18H,8-10H2,1-3H3,(H,31,34)/t15-,18+,22-/m1/s1. The van der Waals surface area contributed by atoms with E-state index in [-0.39, 0.29) is 17.3 Å².